The van der Waals surface area contributed by atoms with Gasteiger partial charge >= 0.3 is 5.97 Å². The second-order valence-corrected chi connectivity index (χ2v) is 8.31. The first-order valence-corrected chi connectivity index (χ1v) is 10.8. The van der Waals surface area contributed by atoms with Crippen molar-refractivity contribution in [2.45, 2.75) is 26.3 Å². The molecule has 0 saturated heterocycles. The van der Waals surface area contributed by atoms with Crippen LogP contribution in [0.5, 0.6) is 0 Å². The molecule has 1 N–H and O–H groups in total. The van der Waals surface area contributed by atoms with Gasteiger partial charge in [-0.1, -0.05) is 24.3 Å². The first kappa shape index (κ1) is 20.8. The Morgan fingerprint density at radius 2 is 1.94 bits per heavy atom. The maximum atomic E-state index is 12.8. The predicted molar refractivity (Wildman–Crippen MR) is 122 cm³/mol. The third-order valence-corrected chi connectivity index (χ3v) is 6.22. The Morgan fingerprint density at radius 1 is 1.13 bits per heavy atom. The van der Waals surface area contributed by atoms with Gasteiger partial charge in [0.1, 0.15) is 4.88 Å². The van der Waals surface area contributed by atoms with Gasteiger partial charge in [-0.25, -0.2) is 4.79 Å². The van der Waals surface area contributed by atoms with Crippen molar-refractivity contribution in [1.29, 1.82) is 0 Å². The highest BCUT2D eigenvalue weighted by Gasteiger charge is 2.28. The van der Waals surface area contributed by atoms with Crippen LogP contribution in [-0.4, -0.2) is 29.3 Å². The molecule has 4 rings (SSSR count). The molecule has 0 fully saturated rings. The van der Waals surface area contributed by atoms with Gasteiger partial charge in [-0.2, -0.15) is 0 Å². The normalized spacial score (nSPS) is 14.9. The fourth-order valence-electron chi connectivity index (χ4n) is 3.72. The van der Waals surface area contributed by atoms with Crippen LogP contribution in [0.4, 0.5) is 5.69 Å². The second kappa shape index (κ2) is 8.73. The summed E-state index contributed by atoms with van der Waals surface area (Å²) in [6, 6.07) is 14.7. The largest absolute Gasteiger partial charge is 0.462 e. The van der Waals surface area contributed by atoms with Crippen molar-refractivity contribution in [2.24, 2.45) is 0 Å². The molecule has 2 amide bonds. The van der Waals surface area contributed by atoms with Gasteiger partial charge in [0.15, 0.2) is 0 Å². The van der Waals surface area contributed by atoms with E-state index in [-0.39, 0.29) is 30.2 Å². The number of benzene rings is 2. The summed E-state index contributed by atoms with van der Waals surface area (Å²) in [4.78, 5) is 39.1. The molecular formula is C24H22N2O4S. The van der Waals surface area contributed by atoms with E-state index in [0.29, 0.717) is 17.2 Å². The number of rotatable bonds is 5. The Kier molecular flexibility index (Phi) is 5.86. The number of carbonyl (C=O) groups excluding carboxylic acids is 3. The van der Waals surface area contributed by atoms with Crippen LogP contribution in [0.3, 0.4) is 0 Å². The maximum absolute atomic E-state index is 12.8. The molecule has 1 aromatic heterocycles. The van der Waals surface area contributed by atoms with Crippen LogP contribution in [0.1, 0.15) is 47.1 Å². The van der Waals surface area contributed by atoms with Crippen molar-refractivity contribution in [2.75, 3.05) is 11.9 Å². The molecule has 1 atom stereocenters. The van der Waals surface area contributed by atoms with Crippen molar-refractivity contribution in [3.63, 3.8) is 0 Å². The summed E-state index contributed by atoms with van der Waals surface area (Å²) in [5.74, 6) is -0.654. The molecule has 2 heterocycles. The quantitative estimate of drug-likeness (QED) is 0.575. The summed E-state index contributed by atoms with van der Waals surface area (Å²) in [5.41, 5.74) is 2.59. The second-order valence-electron chi connectivity index (χ2n) is 7.22. The van der Waals surface area contributed by atoms with E-state index in [1.54, 1.807) is 24.1 Å². The number of esters is 1. The third-order valence-electron chi connectivity index (χ3n) is 5.12. The van der Waals surface area contributed by atoms with Crippen molar-refractivity contribution in [3.05, 3.63) is 70.7 Å². The summed E-state index contributed by atoms with van der Waals surface area (Å²) < 4.78 is 6.00. The molecular weight excluding hydrogens is 412 g/mol. The van der Waals surface area contributed by atoms with Crippen molar-refractivity contribution >= 4 is 51.0 Å². The lowest BCUT2D eigenvalue weighted by Crippen LogP contribution is -2.33. The molecule has 0 aliphatic carbocycles. The molecule has 6 nitrogen and oxygen atoms in total. The molecule has 2 aromatic carbocycles. The zero-order chi connectivity index (χ0) is 22.0. The van der Waals surface area contributed by atoms with E-state index in [2.05, 4.69) is 5.32 Å². The van der Waals surface area contributed by atoms with Crippen LogP contribution in [0.15, 0.2) is 54.7 Å². The van der Waals surface area contributed by atoms with Gasteiger partial charge in [0.25, 0.3) is 0 Å². The number of fused-ring (bicyclic) bond motifs is 2. The maximum Gasteiger partial charge on any atom is 0.348 e. The Morgan fingerprint density at radius 3 is 2.71 bits per heavy atom. The number of thiophene rings is 1. The van der Waals surface area contributed by atoms with Crippen molar-refractivity contribution < 1.29 is 19.1 Å². The fraction of sp³-hybridized carbons (Fsp3) is 0.208. The lowest BCUT2D eigenvalue weighted by molar-refractivity contribution is -0.129. The molecule has 1 aliphatic rings. The van der Waals surface area contributed by atoms with Crippen LogP contribution in [0.2, 0.25) is 0 Å². The number of hydrogen-bond donors (Lipinski definition) is 1. The molecule has 158 valence electrons. The zero-order valence-corrected chi connectivity index (χ0v) is 18.1. The van der Waals surface area contributed by atoms with Crippen LogP contribution < -0.4 is 5.32 Å². The van der Waals surface area contributed by atoms with Gasteiger partial charge < -0.3 is 15.0 Å². The Labute approximate surface area is 184 Å². The highest BCUT2D eigenvalue weighted by Crippen LogP contribution is 2.33. The molecule has 0 unspecified atom stereocenters. The van der Waals surface area contributed by atoms with Gasteiger partial charge in [0, 0.05) is 23.5 Å². The lowest BCUT2D eigenvalue weighted by Gasteiger charge is -2.32. The van der Waals surface area contributed by atoms with E-state index in [1.165, 1.54) is 18.3 Å². The monoisotopic (exact) mass is 434 g/mol. The zero-order valence-electron chi connectivity index (χ0n) is 17.3. The molecule has 1 aliphatic heterocycles. The SMILES string of the molecule is CCOC(=O)c1cc2cc(NC(=O)C[C@@H]3c4ccccc4C=CN3C(C)=O)ccc2s1. The number of hydrogen-bond acceptors (Lipinski definition) is 5. The van der Waals surface area contributed by atoms with Crippen molar-refractivity contribution in [1.82, 2.24) is 4.90 Å². The summed E-state index contributed by atoms with van der Waals surface area (Å²) in [6.07, 6.45) is 3.75. The van der Waals surface area contributed by atoms with Crippen LogP contribution in [-0.2, 0) is 14.3 Å². The molecule has 0 spiro atoms. The standard InChI is InChI=1S/C24H22N2O4S/c1-3-30-24(29)22-13-17-12-18(8-9-21(17)31-22)25-23(28)14-20-19-7-5-4-6-16(19)10-11-26(20)15(2)27/h4-13,20H,3,14H2,1-2H3,(H,25,28)/t20-/m1/s1. The number of amides is 2. The minimum atomic E-state index is -0.362. The molecule has 0 bridgehead atoms. The molecule has 0 radical (unpaired) electrons. The molecule has 31 heavy (non-hydrogen) atoms. The highest BCUT2D eigenvalue weighted by atomic mass is 32.1. The average Bonchev–Trinajstić information content (AvgIpc) is 3.17. The van der Waals surface area contributed by atoms with Gasteiger partial charge in [0.05, 0.1) is 19.1 Å². The van der Waals surface area contributed by atoms with Crippen molar-refractivity contribution in [3.8, 4) is 0 Å². The predicted octanol–water partition coefficient (Wildman–Crippen LogP) is 4.98. The minimum absolute atomic E-state index is 0.116. The Balaban J connectivity index is 1.52. The highest BCUT2D eigenvalue weighted by molar-refractivity contribution is 7.20. The summed E-state index contributed by atoms with van der Waals surface area (Å²) in [6.45, 7) is 3.59. The summed E-state index contributed by atoms with van der Waals surface area (Å²) in [7, 11) is 0. The van der Waals surface area contributed by atoms with Crippen LogP contribution >= 0.6 is 11.3 Å². The van der Waals surface area contributed by atoms with Gasteiger partial charge in [0.2, 0.25) is 11.8 Å². The number of nitrogens with one attached hydrogen (secondary N) is 1. The van der Waals surface area contributed by atoms with E-state index >= 15 is 0 Å². The number of carbonyl (C=O) groups is 3. The van der Waals surface area contributed by atoms with E-state index in [4.69, 9.17) is 4.74 Å². The fourth-order valence-corrected chi connectivity index (χ4v) is 4.66. The minimum Gasteiger partial charge on any atom is -0.462 e. The molecule has 0 saturated carbocycles. The molecule has 3 aromatic rings. The molecule has 7 heteroatoms. The third kappa shape index (κ3) is 4.36. The van der Waals surface area contributed by atoms with Crippen LogP contribution in [0, 0.1) is 0 Å². The first-order chi connectivity index (χ1) is 15.0. The summed E-state index contributed by atoms with van der Waals surface area (Å²) in [5, 5.41) is 3.79. The lowest BCUT2D eigenvalue weighted by atomic mass is 9.93. The average molecular weight is 435 g/mol. The van der Waals surface area contributed by atoms with E-state index in [0.717, 1.165) is 21.2 Å². The smallest absolute Gasteiger partial charge is 0.348 e. The van der Waals surface area contributed by atoms with Gasteiger partial charge in [-0.3, -0.25) is 9.59 Å². The van der Waals surface area contributed by atoms with Gasteiger partial charge in [-0.05, 0) is 53.8 Å². The number of ether oxygens (including phenoxy) is 1. The topological polar surface area (TPSA) is 75.7 Å². The first-order valence-electron chi connectivity index (χ1n) is 10.0. The Bertz CT molecular complexity index is 1200. The number of anilines is 1. The van der Waals surface area contributed by atoms with E-state index in [9.17, 15) is 14.4 Å². The summed E-state index contributed by atoms with van der Waals surface area (Å²) >= 11 is 1.36. The van der Waals surface area contributed by atoms with Gasteiger partial charge in [-0.15, -0.1) is 11.3 Å². The number of nitrogens with zero attached hydrogens (tertiary/aromatic N) is 1. The van der Waals surface area contributed by atoms with E-state index in [1.807, 2.05) is 48.5 Å². The Hall–Kier alpha value is -3.45. The van der Waals surface area contributed by atoms with E-state index < -0.39 is 0 Å². The van der Waals surface area contributed by atoms with Crippen LogP contribution in [0.25, 0.3) is 16.2 Å².